The summed E-state index contributed by atoms with van der Waals surface area (Å²) < 4.78 is 18.5. The molecule has 0 aliphatic carbocycles. The highest BCUT2D eigenvalue weighted by Gasteiger charge is 2.20. The molecule has 21 heavy (non-hydrogen) atoms. The van der Waals surface area contributed by atoms with Gasteiger partial charge >= 0.3 is 0 Å². The van der Waals surface area contributed by atoms with E-state index >= 15 is 0 Å². The average molecular weight is 295 g/mol. The van der Waals surface area contributed by atoms with Gasteiger partial charge in [0.1, 0.15) is 5.82 Å². The molecule has 1 aromatic heterocycles. The Morgan fingerprint density at radius 2 is 2.38 bits per heavy atom. The first-order chi connectivity index (χ1) is 10.2. The number of aromatic nitrogens is 1. The van der Waals surface area contributed by atoms with Crippen LogP contribution < -0.4 is 5.32 Å². The third kappa shape index (κ3) is 5.02. The van der Waals surface area contributed by atoms with Crippen LogP contribution in [0.2, 0.25) is 0 Å². The Morgan fingerprint density at radius 3 is 3.05 bits per heavy atom. The van der Waals surface area contributed by atoms with Crippen LogP contribution in [0.5, 0.6) is 0 Å². The Labute approximate surface area is 126 Å². The van der Waals surface area contributed by atoms with Gasteiger partial charge in [-0.15, -0.1) is 0 Å². The molecule has 0 amide bonds. The largest absolute Gasteiger partial charge is 0.379 e. The number of hydrogen-bond donors (Lipinski definition) is 1. The summed E-state index contributed by atoms with van der Waals surface area (Å²) in [5.41, 5.74) is 0.922. The first-order valence-corrected chi connectivity index (χ1v) is 7.87. The molecule has 0 bridgehead atoms. The average Bonchev–Trinajstić information content (AvgIpc) is 2.50. The highest BCUT2D eigenvalue weighted by molar-refractivity contribution is 5.10. The summed E-state index contributed by atoms with van der Waals surface area (Å²) in [6.07, 6.45) is 3.35. The summed E-state index contributed by atoms with van der Waals surface area (Å²) in [5, 5.41) is 3.52. The van der Waals surface area contributed by atoms with Crippen molar-refractivity contribution in [2.75, 3.05) is 32.8 Å². The minimum atomic E-state index is -0.283. The van der Waals surface area contributed by atoms with Gasteiger partial charge in [-0.2, -0.15) is 0 Å². The lowest BCUT2D eigenvalue weighted by Crippen LogP contribution is -2.44. The molecular formula is C16H26FN3O. The smallest absolute Gasteiger partial charge is 0.141 e. The van der Waals surface area contributed by atoms with Crippen molar-refractivity contribution < 1.29 is 9.13 Å². The third-order valence-electron chi connectivity index (χ3n) is 3.96. The van der Waals surface area contributed by atoms with E-state index < -0.39 is 0 Å². The molecule has 118 valence electrons. The van der Waals surface area contributed by atoms with Gasteiger partial charge in [-0.05, 0) is 38.4 Å². The minimum absolute atomic E-state index is 0.181. The maximum absolute atomic E-state index is 13.0. The number of nitrogens with zero attached hydrogens (tertiary/aromatic N) is 2. The monoisotopic (exact) mass is 295 g/mol. The summed E-state index contributed by atoms with van der Waals surface area (Å²) >= 11 is 0. The zero-order valence-corrected chi connectivity index (χ0v) is 13.0. The summed E-state index contributed by atoms with van der Waals surface area (Å²) in [7, 11) is 0. The molecular weight excluding hydrogens is 269 g/mol. The van der Waals surface area contributed by atoms with Crippen LogP contribution in [0.1, 0.15) is 38.4 Å². The van der Waals surface area contributed by atoms with E-state index in [9.17, 15) is 4.39 Å². The molecule has 1 N–H and O–H groups in total. The normalized spacial score (nSPS) is 21.4. The molecule has 1 aliphatic rings. The fourth-order valence-corrected chi connectivity index (χ4v) is 2.66. The van der Waals surface area contributed by atoms with Crippen molar-refractivity contribution in [1.82, 2.24) is 15.2 Å². The molecule has 1 fully saturated rings. The van der Waals surface area contributed by atoms with E-state index in [-0.39, 0.29) is 11.9 Å². The lowest BCUT2D eigenvalue weighted by molar-refractivity contribution is -0.00187. The predicted octanol–water partition coefficient (Wildman–Crippen LogP) is 2.37. The van der Waals surface area contributed by atoms with Gasteiger partial charge in [0, 0.05) is 19.1 Å². The lowest BCUT2D eigenvalue weighted by Gasteiger charge is -2.34. The zero-order chi connectivity index (χ0) is 15.1. The van der Waals surface area contributed by atoms with Gasteiger partial charge in [0.05, 0.1) is 31.1 Å². The maximum Gasteiger partial charge on any atom is 0.141 e. The number of ether oxygens (including phenoxy) is 1. The van der Waals surface area contributed by atoms with Gasteiger partial charge in [-0.25, -0.2) is 4.39 Å². The van der Waals surface area contributed by atoms with Gasteiger partial charge < -0.3 is 10.1 Å². The van der Waals surface area contributed by atoms with Crippen molar-refractivity contribution in [1.29, 1.82) is 0 Å². The fourth-order valence-electron chi connectivity index (χ4n) is 2.66. The van der Waals surface area contributed by atoms with Gasteiger partial charge in [-0.3, -0.25) is 9.88 Å². The standard InChI is InChI=1S/C16H26FN3O/c1-3-7-18-16(15-5-4-14(17)11-19-15)6-8-20-9-10-21-12-13(20)2/h4-5,11,13,16,18H,3,6-10,12H2,1-2H3. The zero-order valence-electron chi connectivity index (χ0n) is 13.0. The van der Waals surface area contributed by atoms with E-state index in [4.69, 9.17) is 4.74 Å². The summed E-state index contributed by atoms with van der Waals surface area (Å²) in [4.78, 5) is 6.69. The van der Waals surface area contributed by atoms with Crippen LogP contribution in [-0.2, 0) is 4.74 Å². The first-order valence-electron chi connectivity index (χ1n) is 7.87. The quantitative estimate of drug-likeness (QED) is 0.838. The van der Waals surface area contributed by atoms with Crippen LogP contribution >= 0.6 is 0 Å². The van der Waals surface area contributed by atoms with E-state index in [1.54, 1.807) is 6.07 Å². The predicted molar refractivity (Wildman–Crippen MR) is 81.7 cm³/mol. The molecule has 4 nitrogen and oxygen atoms in total. The van der Waals surface area contributed by atoms with E-state index in [0.717, 1.165) is 51.4 Å². The van der Waals surface area contributed by atoms with Crippen LogP contribution in [0.3, 0.4) is 0 Å². The van der Waals surface area contributed by atoms with Crippen molar-refractivity contribution >= 4 is 0 Å². The molecule has 2 atom stereocenters. The molecule has 0 radical (unpaired) electrons. The van der Waals surface area contributed by atoms with E-state index in [2.05, 4.69) is 29.0 Å². The summed E-state index contributed by atoms with van der Waals surface area (Å²) in [6, 6.07) is 3.92. The molecule has 1 saturated heterocycles. The number of nitrogens with one attached hydrogen (secondary N) is 1. The van der Waals surface area contributed by atoms with Crippen LogP contribution in [0.4, 0.5) is 4.39 Å². The topological polar surface area (TPSA) is 37.4 Å². The van der Waals surface area contributed by atoms with Crippen molar-refractivity contribution in [3.05, 3.63) is 29.8 Å². The molecule has 1 aromatic rings. The van der Waals surface area contributed by atoms with Crippen LogP contribution in [-0.4, -0.2) is 48.8 Å². The van der Waals surface area contributed by atoms with Crippen molar-refractivity contribution in [2.45, 2.75) is 38.8 Å². The van der Waals surface area contributed by atoms with Crippen molar-refractivity contribution in [3.8, 4) is 0 Å². The van der Waals surface area contributed by atoms with E-state index in [1.165, 1.54) is 12.3 Å². The van der Waals surface area contributed by atoms with Gasteiger partial charge in [0.25, 0.3) is 0 Å². The molecule has 5 heteroatoms. The molecule has 0 aromatic carbocycles. The van der Waals surface area contributed by atoms with Gasteiger partial charge in [-0.1, -0.05) is 6.92 Å². The van der Waals surface area contributed by atoms with Crippen molar-refractivity contribution in [3.63, 3.8) is 0 Å². The number of morpholine rings is 1. The van der Waals surface area contributed by atoms with Crippen LogP contribution in [0.25, 0.3) is 0 Å². The lowest BCUT2D eigenvalue weighted by atomic mass is 10.1. The van der Waals surface area contributed by atoms with E-state index in [0.29, 0.717) is 6.04 Å². The Balaban J connectivity index is 1.94. The molecule has 0 spiro atoms. The fraction of sp³-hybridized carbons (Fsp3) is 0.688. The Morgan fingerprint density at radius 1 is 1.52 bits per heavy atom. The maximum atomic E-state index is 13.0. The first kappa shape index (κ1) is 16.3. The third-order valence-corrected chi connectivity index (χ3v) is 3.96. The Hall–Kier alpha value is -1.04. The molecule has 2 heterocycles. The van der Waals surface area contributed by atoms with Gasteiger partial charge in [0.15, 0.2) is 0 Å². The second-order valence-corrected chi connectivity index (χ2v) is 5.66. The molecule has 0 saturated carbocycles. The summed E-state index contributed by atoms with van der Waals surface area (Å²) in [6.45, 7) is 8.90. The highest BCUT2D eigenvalue weighted by atomic mass is 19.1. The molecule has 2 rings (SSSR count). The second kappa shape index (κ2) is 8.41. The minimum Gasteiger partial charge on any atom is -0.379 e. The van der Waals surface area contributed by atoms with E-state index in [1.807, 2.05) is 0 Å². The Bertz CT molecular complexity index is 412. The number of pyridine rings is 1. The SMILES string of the molecule is CCCNC(CCN1CCOCC1C)c1ccc(F)cn1. The van der Waals surface area contributed by atoms with Crippen LogP contribution in [0, 0.1) is 5.82 Å². The number of rotatable bonds is 7. The summed E-state index contributed by atoms with van der Waals surface area (Å²) in [5.74, 6) is -0.283. The molecule has 1 aliphatic heterocycles. The number of hydrogen-bond acceptors (Lipinski definition) is 4. The highest BCUT2D eigenvalue weighted by Crippen LogP contribution is 2.17. The van der Waals surface area contributed by atoms with Crippen LogP contribution in [0.15, 0.2) is 18.3 Å². The molecule has 2 unspecified atom stereocenters. The number of halogens is 1. The second-order valence-electron chi connectivity index (χ2n) is 5.66. The van der Waals surface area contributed by atoms with Crippen molar-refractivity contribution in [2.24, 2.45) is 0 Å². The van der Waals surface area contributed by atoms with Gasteiger partial charge in [0.2, 0.25) is 0 Å². The Kier molecular flexibility index (Phi) is 6.54.